The summed E-state index contributed by atoms with van der Waals surface area (Å²) in [4.78, 5) is 13.1. The molecule has 0 amide bonds. The van der Waals surface area contributed by atoms with Crippen molar-refractivity contribution >= 4 is 11.8 Å². The lowest BCUT2D eigenvalue weighted by Gasteiger charge is -2.23. The topological polar surface area (TPSA) is 62.7 Å². The number of hydrogen-bond donors (Lipinski definition) is 2. The van der Waals surface area contributed by atoms with Crippen molar-refractivity contribution in [2.45, 2.75) is 44.7 Å². The highest BCUT2D eigenvalue weighted by molar-refractivity contribution is 5.40. The minimum atomic E-state index is 0.553. The second kappa shape index (κ2) is 7.02. The van der Waals surface area contributed by atoms with E-state index in [1.807, 2.05) is 24.3 Å². The number of nitrogens with one attached hydrogen (secondary N) is 2. The molecule has 1 aliphatic rings. The standard InChI is InChI=1S/C16H21N5/c1-2-6-13(7-3-1)20-15-9-11-18-16(21-15)19-12-14-8-4-5-10-17-14/h4-5,8-11,13H,1-3,6-7,12H2,(H2,18,19,20,21). The van der Waals surface area contributed by atoms with Crippen LogP contribution in [0.5, 0.6) is 0 Å². The van der Waals surface area contributed by atoms with Gasteiger partial charge in [0.05, 0.1) is 12.2 Å². The van der Waals surface area contributed by atoms with E-state index in [-0.39, 0.29) is 0 Å². The van der Waals surface area contributed by atoms with Crippen molar-refractivity contribution in [1.29, 1.82) is 0 Å². The number of pyridine rings is 1. The number of aromatic nitrogens is 3. The van der Waals surface area contributed by atoms with Gasteiger partial charge in [-0.2, -0.15) is 4.98 Å². The zero-order valence-electron chi connectivity index (χ0n) is 12.1. The number of nitrogens with zero attached hydrogens (tertiary/aromatic N) is 3. The van der Waals surface area contributed by atoms with Crippen LogP contribution in [0.4, 0.5) is 11.8 Å². The number of rotatable bonds is 5. The maximum Gasteiger partial charge on any atom is 0.224 e. The van der Waals surface area contributed by atoms with Crippen LogP contribution in [0.2, 0.25) is 0 Å². The first kappa shape index (κ1) is 13.8. The fourth-order valence-corrected chi connectivity index (χ4v) is 2.65. The van der Waals surface area contributed by atoms with Crippen LogP contribution in [0.1, 0.15) is 37.8 Å². The molecule has 0 spiro atoms. The molecular formula is C16H21N5. The zero-order chi connectivity index (χ0) is 14.3. The van der Waals surface area contributed by atoms with E-state index >= 15 is 0 Å². The lowest BCUT2D eigenvalue weighted by atomic mass is 9.95. The van der Waals surface area contributed by atoms with Crippen molar-refractivity contribution in [2.75, 3.05) is 10.6 Å². The summed E-state index contributed by atoms with van der Waals surface area (Å²) in [6.07, 6.45) is 10.0. The van der Waals surface area contributed by atoms with Crippen molar-refractivity contribution in [3.05, 3.63) is 42.4 Å². The molecule has 21 heavy (non-hydrogen) atoms. The maximum absolute atomic E-state index is 4.52. The van der Waals surface area contributed by atoms with E-state index in [1.165, 1.54) is 32.1 Å². The zero-order valence-corrected chi connectivity index (χ0v) is 12.1. The predicted molar refractivity (Wildman–Crippen MR) is 84.1 cm³/mol. The van der Waals surface area contributed by atoms with Crippen LogP contribution < -0.4 is 10.6 Å². The molecule has 1 aliphatic carbocycles. The van der Waals surface area contributed by atoms with Crippen molar-refractivity contribution < 1.29 is 0 Å². The lowest BCUT2D eigenvalue weighted by molar-refractivity contribution is 0.462. The van der Waals surface area contributed by atoms with Gasteiger partial charge in [-0.05, 0) is 31.0 Å². The Morgan fingerprint density at radius 2 is 1.90 bits per heavy atom. The van der Waals surface area contributed by atoms with Crippen molar-refractivity contribution in [3.8, 4) is 0 Å². The fraction of sp³-hybridized carbons (Fsp3) is 0.438. The van der Waals surface area contributed by atoms with Crippen LogP contribution in [0.15, 0.2) is 36.7 Å². The van der Waals surface area contributed by atoms with Gasteiger partial charge < -0.3 is 10.6 Å². The van der Waals surface area contributed by atoms with Crippen LogP contribution in [-0.4, -0.2) is 21.0 Å². The first-order chi connectivity index (χ1) is 10.4. The van der Waals surface area contributed by atoms with Crippen LogP contribution in [0.25, 0.3) is 0 Å². The average molecular weight is 283 g/mol. The molecule has 0 bridgehead atoms. The highest BCUT2D eigenvalue weighted by Crippen LogP contribution is 2.20. The summed E-state index contributed by atoms with van der Waals surface area (Å²) in [6.45, 7) is 0.633. The molecule has 110 valence electrons. The minimum Gasteiger partial charge on any atom is -0.367 e. The summed E-state index contributed by atoms with van der Waals surface area (Å²) in [5, 5.41) is 6.73. The lowest BCUT2D eigenvalue weighted by Crippen LogP contribution is -2.23. The van der Waals surface area contributed by atoms with Crippen LogP contribution >= 0.6 is 0 Å². The number of anilines is 2. The Balaban J connectivity index is 1.57. The molecule has 5 heteroatoms. The number of hydrogen-bond acceptors (Lipinski definition) is 5. The molecule has 2 aromatic rings. The van der Waals surface area contributed by atoms with E-state index in [1.54, 1.807) is 12.4 Å². The Morgan fingerprint density at radius 1 is 1.00 bits per heavy atom. The predicted octanol–water partition coefficient (Wildman–Crippen LogP) is 3.23. The second-order valence-corrected chi connectivity index (χ2v) is 5.42. The summed E-state index contributed by atoms with van der Waals surface area (Å²) in [5.41, 5.74) is 0.978. The summed E-state index contributed by atoms with van der Waals surface area (Å²) < 4.78 is 0. The molecule has 0 unspecified atom stereocenters. The molecule has 5 nitrogen and oxygen atoms in total. The van der Waals surface area contributed by atoms with Gasteiger partial charge in [-0.25, -0.2) is 4.98 Å². The monoisotopic (exact) mass is 283 g/mol. The Morgan fingerprint density at radius 3 is 2.71 bits per heavy atom. The highest BCUT2D eigenvalue weighted by Gasteiger charge is 2.13. The van der Waals surface area contributed by atoms with Gasteiger partial charge in [0.2, 0.25) is 5.95 Å². The molecule has 1 fully saturated rings. The van der Waals surface area contributed by atoms with Crippen LogP contribution in [0, 0.1) is 0 Å². The van der Waals surface area contributed by atoms with Gasteiger partial charge in [0.1, 0.15) is 5.82 Å². The molecular weight excluding hydrogens is 262 g/mol. The summed E-state index contributed by atoms with van der Waals surface area (Å²) in [7, 11) is 0. The summed E-state index contributed by atoms with van der Waals surface area (Å²) >= 11 is 0. The van der Waals surface area contributed by atoms with Crippen molar-refractivity contribution in [3.63, 3.8) is 0 Å². The van der Waals surface area contributed by atoms with Gasteiger partial charge in [0, 0.05) is 18.4 Å². The molecule has 3 rings (SSSR count). The minimum absolute atomic E-state index is 0.553. The Kier molecular flexibility index (Phi) is 4.61. The van der Waals surface area contributed by atoms with Gasteiger partial charge in [-0.3, -0.25) is 4.98 Å². The van der Waals surface area contributed by atoms with Gasteiger partial charge in [-0.15, -0.1) is 0 Å². The van der Waals surface area contributed by atoms with Crippen molar-refractivity contribution in [1.82, 2.24) is 15.0 Å². The molecule has 2 N–H and O–H groups in total. The smallest absolute Gasteiger partial charge is 0.224 e. The van der Waals surface area contributed by atoms with E-state index in [0.717, 1.165) is 11.5 Å². The van der Waals surface area contributed by atoms with E-state index < -0.39 is 0 Å². The molecule has 0 atom stereocenters. The van der Waals surface area contributed by atoms with E-state index in [9.17, 15) is 0 Å². The largest absolute Gasteiger partial charge is 0.367 e. The first-order valence-corrected chi connectivity index (χ1v) is 7.63. The van der Waals surface area contributed by atoms with Crippen LogP contribution in [0.3, 0.4) is 0 Å². The van der Waals surface area contributed by atoms with Gasteiger partial charge >= 0.3 is 0 Å². The molecule has 0 saturated heterocycles. The maximum atomic E-state index is 4.52. The third-order valence-electron chi connectivity index (χ3n) is 3.77. The van der Waals surface area contributed by atoms with E-state index in [0.29, 0.717) is 18.5 Å². The average Bonchev–Trinajstić information content (AvgIpc) is 2.55. The second-order valence-electron chi connectivity index (χ2n) is 5.42. The van der Waals surface area contributed by atoms with Gasteiger partial charge in [-0.1, -0.05) is 25.3 Å². The Labute approximate surface area is 125 Å². The SMILES string of the molecule is c1ccc(CNc2nccc(NC3CCCCC3)n2)nc1. The molecule has 0 aliphatic heterocycles. The summed E-state index contributed by atoms with van der Waals surface area (Å²) in [5.74, 6) is 1.54. The normalized spacial score (nSPS) is 15.6. The van der Waals surface area contributed by atoms with Gasteiger partial charge in [0.25, 0.3) is 0 Å². The third kappa shape index (κ3) is 4.15. The van der Waals surface area contributed by atoms with Crippen LogP contribution in [-0.2, 0) is 6.54 Å². The van der Waals surface area contributed by atoms with Crippen molar-refractivity contribution in [2.24, 2.45) is 0 Å². The third-order valence-corrected chi connectivity index (χ3v) is 3.77. The highest BCUT2D eigenvalue weighted by atomic mass is 15.1. The molecule has 2 heterocycles. The van der Waals surface area contributed by atoms with Gasteiger partial charge in [0.15, 0.2) is 0 Å². The van der Waals surface area contributed by atoms with E-state index in [2.05, 4.69) is 25.6 Å². The van der Waals surface area contributed by atoms with E-state index in [4.69, 9.17) is 0 Å². The molecule has 0 radical (unpaired) electrons. The quantitative estimate of drug-likeness (QED) is 0.882. The fourth-order valence-electron chi connectivity index (χ4n) is 2.65. The Hall–Kier alpha value is -2.17. The molecule has 1 saturated carbocycles. The molecule has 2 aromatic heterocycles. The Bertz CT molecular complexity index is 552. The summed E-state index contributed by atoms with van der Waals surface area (Å²) in [6, 6.07) is 8.36. The first-order valence-electron chi connectivity index (χ1n) is 7.63. The molecule has 0 aromatic carbocycles.